The second-order valence-corrected chi connectivity index (χ2v) is 9.12. The molecule has 0 aromatic rings. The molecule has 0 aromatic carbocycles. The average Bonchev–Trinajstić information content (AvgIpc) is 2.69. The molecule has 1 unspecified atom stereocenters. The van der Waals surface area contributed by atoms with Gasteiger partial charge in [0.2, 0.25) is 0 Å². The number of likely N-dealkylation sites (tertiary alicyclic amines) is 1. The molecule has 128 valence electrons. The van der Waals surface area contributed by atoms with Gasteiger partial charge in [-0.1, -0.05) is 27.7 Å². The number of hydrogen-bond donors (Lipinski definition) is 1. The minimum atomic E-state index is -0.417. The van der Waals surface area contributed by atoms with E-state index in [4.69, 9.17) is 4.74 Å². The van der Waals surface area contributed by atoms with E-state index in [1.807, 2.05) is 25.7 Å². The maximum absolute atomic E-state index is 12.3. The number of rotatable bonds is 4. The highest BCUT2D eigenvalue weighted by molar-refractivity contribution is 5.69. The number of carbonyl (C=O) groups excluding carboxylic acids is 1. The molecule has 22 heavy (non-hydrogen) atoms. The number of amides is 1. The first-order valence-corrected chi connectivity index (χ1v) is 8.67. The zero-order chi connectivity index (χ0) is 16.8. The molecule has 1 atom stereocenters. The zero-order valence-electron chi connectivity index (χ0n) is 15.5. The number of hydrogen-bond acceptors (Lipinski definition) is 3. The predicted octanol–water partition coefficient (Wildman–Crippen LogP) is 3.66. The molecule has 0 bridgehead atoms. The highest BCUT2D eigenvalue weighted by Gasteiger charge is 2.63. The average molecular weight is 310 g/mol. The summed E-state index contributed by atoms with van der Waals surface area (Å²) in [5, 5.41) is 3.60. The fourth-order valence-corrected chi connectivity index (χ4v) is 3.85. The van der Waals surface area contributed by atoms with Gasteiger partial charge in [-0.25, -0.2) is 4.79 Å². The van der Waals surface area contributed by atoms with E-state index in [-0.39, 0.29) is 12.1 Å². The molecule has 4 nitrogen and oxygen atoms in total. The Bertz CT molecular complexity index is 409. The highest BCUT2D eigenvalue weighted by Crippen LogP contribution is 2.67. The Morgan fingerprint density at radius 1 is 1.18 bits per heavy atom. The quantitative estimate of drug-likeness (QED) is 0.861. The van der Waals surface area contributed by atoms with E-state index in [9.17, 15) is 4.79 Å². The van der Waals surface area contributed by atoms with Crippen LogP contribution in [0, 0.1) is 16.7 Å². The Balaban J connectivity index is 1.79. The van der Waals surface area contributed by atoms with Crippen LogP contribution in [0.15, 0.2) is 0 Å². The largest absolute Gasteiger partial charge is 0.444 e. The van der Waals surface area contributed by atoms with Crippen molar-refractivity contribution in [2.75, 3.05) is 19.6 Å². The van der Waals surface area contributed by atoms with Crippen molar-refractivity contribution in [3.05, 3.63) is 0 Å². The van der Waals surface area contributed by atoms with Crippen LogP contribution in [0.25, 0.3) is 0 Å². The first kappa shape index (κ1) is 17.6. The Kier molecular flexibility index (Phi) is 4.55. The minimum Gasteiger partial charge on any atom is -0.444 e. The third-order valence-electron chi connectivity index (χ3n) is 6.05. The molecule has 1 saturated heterocycles. The first-order valence-electron chi connectivity index (χ1n) is 8.67. The molecule has 1 aliphatic heterocycles. The van der Waals surface area contributed by atoms with Crippen LogP contribution in [-0.4, -0.2) is 42.3 Å². The summed E-state index contributed by atoms with van der Waals surface area (Å²) in [5.41, 5.74) is 0.417. The number of carbonyl (C=O) groups is 1. The second-order valence-electron chi connectivity index (χ2n) is 9.12. The molecular formula is C18H34N2O2. The van der Waals surface area contributed by atoms with E-state index in [1.165, 1.54) is 0 Å². The molecular weight excluding hydrogens is 276 g/mol. The summed E-state index contributed by atoms with van der Waals surface area (Å²) >= 11 is 0. The van der Waals surface area contributed by atoms with Crippen LogP contribution in [0.2, 0.25) is 0 Å². The molecule has 1 heterocycles. The van der Waals surface area contributed by atoms with Gasteiger partial charge in [0.05, 0.1) is 0 Å². The smallest absolute Gasteiger partial charge is 0.410 e. The highest BCUT2D eigenvalue weighted by atomic mass is 16.6. The lowest BCUT2D eigenvalue weighted by Gasteiger charge is -2.28. The molecule has 0 spiro atoms. The van der Waals surface area contributed by atoms with Crippen LogP contribution in [0.5, 0.6) is 0 Å². The summed E-state index contributed by atoms with van der Waals surface area (Å²) in [6.45, 7) is 17.9. The fourth-order valence-electron chi connectivity index (χ4n) is 3.85. The molecule has 1 saturated carbocycles. The second kappa shape index (κ2) is 5.70. The Morgan fingerprint density at radius 2 is 1.77 bits per heavy atom. The number of ether oxygens (including phenoxy) is 1. The van der Waals surface area contributed by atoms with Crippen molar-refractivity contribution in [1.29, 1.82) is 0 Å². The third-order valence-corrected chi connectivity index (χ3v) is 6.05. The van der Waals surface area contributed by atoms with Gasteiger partial charge >= 0.3 is 6.09 Å². The molecule has 4 heteroatoms. The van der Waals surface area contributed by atoms with Crippen molar-refractivity contribution in [3.63, 3.8) is 0 Å². The topological polar surface area (TPSA) is 41.6 Å². The zero-order valence-corrected chi connectivity index (χ0v) is 15.5. The summed E-state index contributed by atoms with van der Waals surface area (Å²) in [6.07, 6.45) is 1.99. The van der Waals surface area contributed by atoms with Crippen LogP contribution < -0.4 is 5.32 Å². The maximum atomic E-state index is 12.3. The molecule has 2 rings (SSSR count). The van der Waals surface area contributed by atoms with Gasteiger partial charge in [-0.3, -0.25) is 0 Å². The Morgan fingerprint density at radius 3 is 2.27 bits per heavy atom. The standard InChI is InChI=1S/C18H34N2O2/c1-16(2,3)22-15(21)20-10-8-9-13(20)11-19-12-14-17(4,5)18(14,6)7/h13-14,19H,8-12H2,1-7H3. The summed E-state index contributed by atoms with van der Waals surface area (Å²) in [5.74, 6) is 0.719. The van der Waals surface area contributed by atoms with E-state index in [0.29, 0.717) is 10.8 Å². The van der Waals surface area contributed by atoms with Crippen molar-refractivity contribution < 1.29 is 9.53 Å². The van der Waals surface area contributed by atoms with Gasteiger partial charge in [0.15, 0.2) is 0 Å². The van der Waals surface area contributed by atoms with Gasteiger partial charge in [-0.05, 0) is 56.9 Å². The monoisotopic (exact) mass is 310 g/mol. The lowest BCUT2D eigenvalue weighted by Crippen LogP contribution is -2.44. The third kappa shape index (κ3) is 3.42. The summed E-state index contributed by atoms with van der Waals surface area (Å²) in [7, 11) is 0. The molecule has 1 aliphatic carbocycles. The lowest BCUT2D eigenvalue weighted by molar-refractivity contribution is 0.0226. The van der Waals surface area contributed by atoms with E-state index in [1.54, 1.807) is 0 Å². The SMILES string of the molecule is CC(C)(C)OC(=O)N1CCCC1CNCC1C(C)(C)C1(C)C. The van der Waals surface area contributed by atoms with Gasteiger partial charge in [-0.15, -0.1) is 0 Å². The van der Waals surface area contributed by atoms with E-state index < -0.39 is 5.60 Å². The molecule has 1 amide bonds. The normalized spacial score (nSPS) is 27.0. The van der Waals surface area contributed by atoms with Gasteiger partial charge in [0.1, 0.15) is 5.60 Å². The van der Waals surface area contributed by atoms with Crippen molar-refractivity contribution >= 4 is 6.09 Å². The van der Waals surface area contributed by atoms with Crippen molar-refractivity contribution in [1.82, 2.24) is 10.2 Å². The predicted molar refractivity (Wildman–Crippen MR) is 89.9 cm³/mol. The summed E-state index contributed by atoms with van der Waals surface area (Å²) < 4.78 is 5.52. The molecule has 1 N–H and O–H groups in total. The fraction of sp³-hybridized carbons (Fsp3) is 0.944. The van der Waals surface area contributed by atoms with E-state index in [2.05, 4.69) is 33.0 Å². The summed E-state index contributed by atoms with van der Waals surface area (Å²) in [6, 6.07) is 0.278. The van der Waals surface area contributed by atoms with Crippen LogP contribution in [-0.2, 0) is 4.74 Å². The molecule has 0 radical (unpaired) electrons. The van der Waals surface area contributed by atoms with E-state index >= 15 is 0 Å². The minimum absolute atomic E-state index is 0.163. The van der Waals surface area contributed by atoms with Crippen LogP contribution >= 0.6 is 0 Å². The van der Waals surface area contributed by atoms with Gasteiger partial charge in [0.25, 0.3) is 0 Å². The van der Waals surface area contributed by atoms with Crippen LogP contribution in [0.3, 0.4) is 0 Å². The molecule has 0 aromatic heterocycles. The van der Waals surface area contributed by atoms with Crippen LogP contribution in [0.1, 0.15) is 61.3 Å². The molecule has 2 fully saturated rings. The van der Waals surface area contributed by atoms with Gasteiger partial charge in [-0.2, -0.15) is 0 Å². The van der Waals surface area contributed by atoms with Crippen molar-refractivity contribution in [3.8, 4) is 0 Å². The maximum Gasteiger partial charge on any atom is 0.410 e. The number of nitrogens with zero attached hydrogens (tertiary/aromatic N) is 1. The molecule has 2 aliphatic rings. The lowest BCUT2D eigenvalue weighted by atomic mass is 10.0. The van der Waals surface area contributed by atoms with Crippen LogP contribution in [0.4, 0.5) is 4.79 Å². The van der Waals surface area contributed by atoms with Crippen molar-refractivity contribution in [2.45, 2.75) is 73.0 Å². The van der Waals surface area contributed by atoms with Crippen molar-refractivity contribution in [2.24, 2.45) is 16.7 Å². The Hall–Kier alpha value is -0.770. The van der Waals surface area contributed by atoms with E-state index in [0.717, 1.165) is 38.4 Å². The van der Waals surface area contributed by atoms with Gasteiger partial charge < -0.3 is 15.0 Å². The Labute approximate surface area is 136 Å². The number of nitrogens with one attached hydrogen (secondary N) is 1. The summed E-state index contributed by atoms with van der Waals surface area (Å²) in [4.78, 5) is 14.2. The first-order chi connectivity index (χ1) is 9.97. The van der Waals surface area contributed by atoms with Gasteiger partial charge in [0, 0.05) is 19.1 Å².